The molecule has 0 saturated heterocycles. The van der Waals surface area contributed by atoms with Crippen LogP contribution in [0.1, 0.15) is 12.2 Å². The predicted octanol–water partition coefficient (Wildman–Crippen LogP) is 2.86. The highest BCUT2D eigenvalue weighted by Crippen LogP contribution is 2.17. The number of carbonyl (C=O) groups excluding carboxylic acids is 1. The number of hydrogen-bond acceptors (Lipinski definition) is 3. The monoisotopic (exact) mass is 245 g/mol. The summed E-state index contributed by atoms with van der Waals surface area (Å²) in [6, 6.07) is 11.0. The molecule has 2 aromatic rings. The van der Waals surface area contributed by atoms with Gasteiger partial charge in [0.2, 0.25) is 5.91 Å². The second-order valence-electron chi connectivity index (χ2n) is 3.86. The van der Waals surface area contributed by atoms with Gasteiger partial charge in [-0.3, -0.25) is 4.79 Å². The minimum absolute atomic E-state index is 0.0420. The maximum atomic E-state index is 11.7. The number of rotatable bonds is 5. The fourth-order valence-corrected chi connectivity index (χ4v) is 1.62. The summed E-state index contributed by atoms with van der Waals surface area (Å²) in [5.74, 6) is 1.49. The summed E-state index contributed by atoms with van der Waals surface area (Å²) in [4.78, 5) is 11.7. The van der Waals surface area contributed by atoms with Crippen molar-refractivity contribution in [3.63, 3.8) is 0 Å². The number of carbonyl (C=O) groups is 1. The van der Waals surface area contributed by atoms with E-state index in [1.165, 1.54) is 0 Å². The zero-order valence-corrected chi connectivity index (χ0v) is 10.2. The molecule has 1 amide bonds. The molecule has 0 atom stereocenters. The molecular weight excluding hydrogens is 230 g/mol. The lowest BCUT2D eigenvalue weighted by Crippen LogP contribution is -2.12. The van der Waals surface area contributed by atoms with Crippen LogP contribution in [0, 0.1) is 0 Å². The van der Waals surface area contributed by atoms with Gasteiger partial charge in [0.1, 0.15) is 11.5 Å². The molecule has 0 unspecified atom stereocenters. The van der Waals surface area contributed by atoms with Gasteiger partial charge in [-0.05, 0) is 24.3 Å². The average molecular weight is 245 g/mol. The number of ether oxygens (including phenoxy) is 1. The number of benzene rings is 1. The predicted molar refractivity (Wildman–Crippen MR) is 68.7 cm³/mol. The van der Waals surface area contributed by atoms with Gasteiger partial charge in [0.15, 0.2) is 0 Å². The van der Waals surface area contributed by atoms with Gasteiger partial charge in [0.05, 0.1) is 13.4 Å². The van der Waals surface area contributed by atoms with Crippen LogP contribution >= 0.6 is 0 Å². The molecule has 0 spiro atoms. The number of methoxy groups -OCH3 is 1. The maximum Gasteiger partial charge on any atom is 0.224 e. The average Bonchev–Trinajstić information content (AvgIpc) is 2.90. The Bertz CT molecular complexity index is 506. The van der Waals surface area contributed by atoms with Gasteiger partial charge < -0.3 is 14.5 Å². The Morgan fingerprint density at radius 2 is 2.22 bits per heavy atom. The van der Waals surface area contributed by atoms with Crippen LogP contribution in [0.25, 0.3) is 0 Å². The van der Waals surface area contributed by atoms with Gasteiger partial charge in [-0.15, -0.1) is 0 Å². The third-order valence-electron chi connectivity index (χ3n) is 2.53. The highest BCUT2D eigenvalue weighted by atomic mass is 16.5. The van der Waals surface area contributed by atoms with Crippen LogP contribution in [0.2, 0.25) is 0 Å². The first kappa shape index (κ1) is 12.2. The zero-order valence-electron chi connectivity index (χ0n) is 10.2. The molecule has 0 aliphatic heterocycles. The molecule has 1 aromatic carbocycles. The Balaban J connectivity index is 1.86. The summed E-state index contributed by atoms with van der Waals surface area (Å²) in [6.07, 6.45) is 2.60. The molecule has 0 aliphatic carbocycles. The van der Waals surface area contributed by atoms with Crippen molar-refractivity contribution < 1.29 is 13.9 Å². The minimum Gasteiger partial charge on any atom is -0.497 e. The molecule has 94 valence electrons. The Morgan fingerprint density at radius 3 is 2.94 bits per heavy atom. The lowest BCUT2D eigenvalue weighted by molar-refractivity contribution is -0.116. The molecule has 1 aromatic heterocycles. The zero-order chi connectivity index (χ0) is 12.8. The van der Waals surface area contributed by atoms with E-state index in [0.717, 1.165) is 17.2 Å². The van der Waals surface area contributed by atoms with Crippen molar-refractivity contribution in [1.82, 2.24) is 0 Å². The molecule has 0 fully saturated rings. The largest absolute Gasteiger partial charge is 0.497 e. The van der Waals surface area contributed by atoms with Crippen LogP contribution in [0.3, 0.4) is 0 Å². The first-order valence-electron chi connectivity index (χ1n) is 5.74. The fraction of sp³-hybridized carbons (Fsp3) is 0.214. The number of hydrogen-bond donors (Lipinski definition) is 1. The molecule has 18 heavy (non-hydrogen) atoms. The quantitative estimate of drug-likeness (QED) is 0.881. The van der Waals surface area contributed by atoms with E-state index >= 15 is 0 Å². The van der Waals surface area contributed by atoms with Gasteiger partial charge in [0.25, 0.3) is 0 Å². The molecule has 1 N–H and O–H groups in total. The minimum atomic E-state index is -0.0420. The lowest BCUT2D eigenvalue weighted by atomic mass is 10.2. The molecular formula is C14H15NO3. The Morgan fingerprint density at radius 1 is 1.33 bits per heavy atom. The molecule has 1 heterocycles. The van der Waals surface area contributed by atoms with Crippen molar-refractivity contribution in [3.8, 4) is 5.75 Å². The normalized spacial score (nSPS) is 10.1. The summed E-state index contributed by atoms with van der Waals surface area (Å²) in [5, 5.41) is 2.82. The highest BCUT2D eigenvalue weighted by molar-refractivity contribution is 5.90. The van der Waals surface area contributed by atoms with Crippen molar-refractivity contribution in [2.75, 3.05) is 12.4 Å². The first-order valence-corrected chi connectivity index (χ1v) is 5.74. The van der Waals surface area contributed by atoms with Crippen LogP contribution in [0.4, 0.5) is 5.69 Å². The molecule has 0 aliphatic rings. The van der Waals surface area contributed by atoms with E-state index in [2.05, 4.69) is 5.32 Å². The summed E-state index contributed by atoms with van der Waals surface area (Å²) in [6.45, 7) is 0. The lowest BCUT2D eigenvalue weighted by Gasteiger charge is -2.06. The number of nitrogens with one attached hydrogen (secondary N) is 1. The summed E-state index contributed by atoms with van der Waals surface area (Å²) in [7, 11) is 1.60. The van der Waals surface area contributed by atoms with E-state index in [-0.39, 0.29) is 5.91 Å². The van der Waals surface area contributed by atoms with Crippen LogP contribution in [0.5, 0.6) is 5.75 Å². The van der Waals surface area contributed by atoms with E-state index in [1.54, 1.807) is 19.4 Å². The van der Waals surface area contributed by atoms with Crippen LogP contribution < -0.4 is 10.1 Å². The third kappa shape index (κ3) is 3.38. The van der Waals surface area contributed by atoms with E-state index in [1.807, 2.05) is 30.3 Å². The van der Waals surface area contributed by atoms with Gasteiger partial charge in [-0.2, -0.15) is 0 Å². The molecule has 4 nitrogen and oxygen atoms in total. The second-order valence-corrected chi connectivity index (χ2v) is 3.86. The van der Waals surface area contributed by atoms with Crippen molar-refractivity contribution in [1.29, 1.82) is 0 Å². The van der Waals surface area contributed by atoms with Gasteiger partial charge in [-0.25, -0.2) is 0 Å². The number of aryl methyl sites for hydroxylation is 1. The Labute approximate surface area is 106 Å². The number of furan rings is 1. The van der Waals surface area contributed by atoms with Crippen molar-refractivity contribution >= 4 is 11.6 Å². The van der Waals surface area contributed by atoms with Crippen LogP contribution in [-0.2, 0) is 11.2 Å². The first-order chi connectivity index (χ1) is 8.78. The fourth-order valence-electron chi connectivity index (χ4n) is 1.62. The Hall–Kier alpha value is -2.23. The standard InChI is InChI=1S/C14H15NO3/c1-17-13-5-2-4-11(10-13)15-14(16)8-7-12-6-3-9-18-12/h2-6,9-10H,7-8H2,1H3,(H,15,16). The molecule has 0 bridgehead atoms. The molecule has 4 heteroatoms. The topological polar surface area (TPSA) is 51.5 Å². The SMILES string of the molecule is COc1cccc(NC(=O)CCc2ccco2)c1. The van der Waals surface area contributed by atoms with E-state index in [0.29, 0.717) is 12.8 Å². The van der Waals surface area contributed by atoms with Crippen molar-refractivity contribution in [3.05, 3.63) is 48.4 Å². The third-order valence-corrected chi connectivity index (χ3v) is 2.53. The Kier molecular flexibility index (Phi) is 4.02. The van der Waals surface area contributed by atoms with Crippen LogP contribution in [0.15, 0.2) is 47.1 Å². The summed E-state index contributed by atoms with van der Waals surface area (Å²) in [5.41, 5.74) is 0.735. The van der Waals surface area contributed by atoms with E-state index < -0.39 is 0 Å². The molecule has 0 saturated carbocycles. The molecule has 0 radical (unpaired) electrons. The van der Waals surface area contributed by atoms with Crippen molar-refractivity contribution in [2.45, 2.75) is 12.8 Å². The highest BCUT2D eigenvalue weighted by Gasteiger charge is 2.05. The maximum absolute atomic E-state index is 11.7. The van der Waals surface area contributed by atoms with E-state index in [4.69, 9.17) is 9.15 Å². The molecule has 2 rings (SSSR count). The number of amides is 1. The van der Waals surface area contributed by atoms with Gasteiger partial charge >= 0.3 is 0 Å². The number of anilines is 1. The van der Waals surface area contributed by atoms with Gasteiger partial charge in [-0.1, -0.05) is 6.07 Å². The smallest absolute Gasteiger partial charge is 0.224 e. The summed E-state index contributed by atoms with van der Waals surface area (Å²) < 4.78 is 10.3. The van der Waals surface area contributed by atoms with Crippen LogP contribution in [-0.4, -0.2) is 13.0 Å². The van der Waals surface area contributed by atoms with Crippen molar-refractivity contribution in [2.24, 2.45) is 0 Å². The van der Waals surface area contributed by atoms with Gasteiger partial charge in [0, 0.05) is 24.6 Å². The van der Waals surface area contributed by atoms with E-state index in [9.17, 15) is 4.79 Å². The summed E-state index contributed by atoms with van der Waals surface area (Å²) >= 11 is 0. The second kappa shape index (κ2) is 5.91.